The summed E-state index contributed by atoms with van der Waals surface area (Å²) in [5.74, 6) is -1.41. The van der Waals surface area contributed by atoms with Gasteiger partial charge in [0, 0.05) is 6.42 Å². The van der Waals surface area contributed by atoms with Crippen LogP contribution >= 0.6 is 0 Å². The molecule has 0 aliphatic carbocycles. The molecule has 1 atom stereocenters. The first-order chi connectivity index (χ1) is 13.0. The van der Waals surface area contributed by atoms with Crippen molar-refractivity contribution in [2.24, 2.45) is 10.7 Å². The van der Waals surface area contributed by atoms with E-state index in [1.807, 2.05) is 0 Å². The van der Waals surface area contributed by atoms with E-state index in [-0.39, 0.29) is 29.1 Å². The summed E-state index contributed by atoms with van der Waals surface area (Å²) < 4.78 is 69.5. The molecule has 0 saturated carbocycles. The maximum atomic E-state index is 14.0. The summed E-state index contributed by atoms with van der Waals surface area (Å²) in [6.45, 7) is 0.396. The molecule has 0 heterocycles. The molecule has 0 unspecified atom stereocenters. The van der Waals surface area contributed by atoms with Crippen LogP contribution in [0.5, 0.6) is 0 Å². The van der Waals surface area contributed by atoms with E-state index >= 15 is 0 Å². The first-order valence-electron chi connectivity index (χ1n) is 8.19. The number of nitrogens with one attached hydrogen (secondary N) is 1. The highest BCUT2D eigenvalue weighted by Crippen LogP contribution is 2.24. The molecule has 0 saturated heterocycles. The van der Waals surface area contributed by atoms with Gasteiger partial charge in [-0.3, -0.25) is 10.4 Å². The molecule has 4 nitrogen and oxygen atoms in total. The van der Waals surface area contributed by atoms with Crippen LogP contribution in [0, 0.1) is 17.0 Å². The first-order valence-corrected chi connectivity index (χ1v) is 8.19. The highest BCUT2D eigenvalue weighted by molar-refractivity contribution is 6.11. The SMILES string of the molecule is C[C@@H](OCc1cc(F)cc(C(CC(=N)N)=Nc2ccc(F)cc2)c1)C(F)(F)F. The van der Waals surface area contributed by atoms with Crippen LogP contribution in [0.3, 0.4) is 0 Å². The van der Waals surface area contributed by atoms with Gasteiger partial charge in [0.05, 0.1) is 23.8 Å². The summed E-state index contributed by atoms with van der Waals surface area (Å²) in [7, 11) is 0. The number of benzene rings is 2. The summed E-state index contributed by atoms with van der Waals surface area (Å²) in [5.41, 5.74) is 6.40. The van der Waals surface area contributed by atoms with E-state index in [1.54, 1.807) is 0 Å². The summed E-state index contributed by atoms with van der Waals surface area (Å²) in [6.07, 6.45) is -6.66. The number of nitrogens with two attached hydrogens (primary N) is 1. The van der Waals surface area contributed by atoms with Crippen LogP contribution in [0.2, 0.25) is 0 Å². The minimum absolute atomic E-state index is 0.125. The second-order valence-corrected chi connectivity index (χ2v) is 6.08. The van der Waals surface area contributed by atoms with Gasteiger partial charge < -0.3 is 10.5 Å². The highest BCUT2D eigenvalue weighted by atomic mass is 19.4. The number of hydrogen-bond donors (Lipinski definition) is 2. The lowest BCUT2D eigenvalue weighted by Gasteiger charge is -2.17. The summed E-state index contributed by atoms with van der Waals surface area (Å²) in [4.78, 5) is 4.27. The third-order valence-electron chi connectivity index (χ3n) is 3.70. The number of rotatable bonds is 7. The second-order valence-electron chi connectivity index (χ2n) is 6.08. The molecule has 0 amide bonds. The van der Waals surface area contributed by atoms with E-state index in [4.69, 9.17) is 15.9 Å². The van der Waals surface area contributed by atoms with Gasteiger partial charge in [0.25, 0.3) is 0 Å². The van der Waals surface area contributed by atoms with Crippen molar-refractivity contribution in [3.8, 4) is 0 Å². The monoisotopic (exact) mass is 399 g/mol. The molecule has 3 N–H and O–H groups in total. The smallest absolute Gasteiger partial charge is 0.387 e. The third kappa shape index (κ3) is 6.41. The van der Waals surface area contributed by atoms with Gasteiger partial charge in [0.15, 0.2) is 6.10 Å². The van der Waals surface area contributed by atoms with Crippen molar-refractivity contribution in [2.75, 3.05) is 0 Å². The van der Waals surface area contributed by atoms with Crippen molar-refractivity contribution in [1.29, 1.82) is 5.41 Å². The maximum Gasteiger partial charge on any atom is 0.414 e. The van der Waals surface area contributed by atoms with Gasteiger partial charge in [-0.15, -0.1) is 0 Å². The minimum Gasteiger partial charge on any atom is -0.387 e. The van der Waals surface area contributed by atoms with Crippen molar-refractivity contribution in [1.82, 2.24) is 0 Å². The molecule has 2 rings (SSSR count). The van der Waals surface area contributed by atoms with Crippen molar-refractivity contribution < 1.29 is 26.7 Å². The molecule has 2 aromatic carbocycles. The topological polar surface area (TPSA) is 71.5 Å². The zero-order valence-corrected chi connectivity index (χ0v) is 14.9. The first kappa shape index (κ1) is 21.5. The van der Waals surface area contributed by atoms with Crippen LogP contribution in [0.25, 0.3) is 0 Å². The van der Waals surface area contributed by atoms with Gasteiger partial charge in [-0.1, -0.05) is 0 Å². The van der Waals surface area contributed by atoms with Crippen LogP contribution < -0.4 is 5.73 Å². The Kier molecular flexibility index (Phi) is 6.85. The number of nitrogens with zero attached hydrogens (tertiary/aromatic N) is 1. The summed E-state index contributed by atoms with van der Waals surface area (Å²) >= 11 is 0. The molecule has 0 bridgehead atoms. The lowest BCUT2D eigenvalue weighted by Crippen LogP contribution is -2.28. The van der Waals surface area contributed by atoms with Crippen molar-refractivity contribution in [2.45, 2.75) is 32.2 Å². The van der Waals surface area contributed by atoms with Crippen LogP contribution in [0.1, 0.15) is 24.5 Å². The number of ether oxygens (including phenoxy) is 1. The van der Waals surface area contributed by atoms with Crippen LogP contribution in [0.4, 0.5) is 27.6 Å². The Bertz CT molecular complexity index is 863. The third-order valence-corrected chi connectivity index (χ3v) is 3.70. The highest BCUT2D eigenvalue weighted by Gasteiger charge is 2.36. The Balaban J connectivity index is 2.34. The molecule has 0 fully saturated rings. The van der Waals surface area contributed by atoms with Crippen LogP contribution in [0.15, 0.2) is 47.5 Å². The van der Waals surface area contributed by atoms with Gasteiger partial charge in [-0.2, -0.15) is 13.2 Å². The van der Waals surface area contributed by atoms with Gasteiger partial charge in [0.2, 0.25) is 0 Å². The summed E-state index contributed by atoms with van der Waals surface area (Å²) in [6, 6.07) is 8.75. The standard InChI is InChI=1S/C19H18F5N3O/c1-11(19(22,23)24)28-10-12-6-13(8-15(21)7-12)17(9-18(25)26)27-16-4-2-14(20)3-5-16/h2-8,11H,9-10H2,1H3,(H3,25,26)/t11-/m1/s1. The molecule has 2 aromatic rings. The number of halogens is 5. The molecule has 0 aliphatic rings. The number of amidine groups is 1. The van der Waals surface area contributed by atoms with Crippen molar-refractivity contribution >= 4 is 17.2 Å². The van der Waals surface area contributed by atoms with Crippen molar-refractivity contribution in [3.63, 3.8) is 0 Å². The van der Waals surface area contributed by atoms with Gasteiger partial charge >= 0.3 is 6.18 Å². The van der Waals surface area contributed by atoms with E-state index in [2.05, 4.69) is 4.99 Å². The zero-order chi connectivity index (χ0) is 20.9. The average Bonchev–Trinajstić information content (AvgIpc) is 2.59. The number of aliphatic imine (C=N–C) groups is 1. The molecule has 28 heavy (non-hydrogen) atoms. The molecular weight excluding hydrogens is 381 g/mol. The molecule has 0 aromatic heterocycles. The minimum atomic E-state index is -4.53. The fourth-order valence-electron chi connectivity index (χ4n) is 2.27. The van der Waals surface area contributed by atoms with E-state index in [1.165, 1.54) is 30.3 Å². The second kappa shape index (κ2) is 8.92. The predicted octanol–water partition coefficient (Wildman–Crippen LogP) is 4.88. The van der Waals surface area contributed by atoms with E-state index in [0.29, 0.717) is 5.69 Å². The molecule has 150 valence electrons. The number of hydrogen-bond acceptors (Lipinski definition) is 3. The molecule has 9 heteroatoms. The van der Waals surface area contributed by atoms with Crippen LogP contribution in [-0.4, -0.2) is 23.8 Å². The lowest BCUT2D eigenvalue weighted by atomic mass is 10.0. The molecule has 0 radical (unpaired) electrons. The van der Waals surface area contributed by atoms with E-state index < -0.39 is 30.5 Å². The van der Waals surface area contributed by atoms with Crippen molar-refractivity contribution in [3.05, 3.63) is 65.2 Å². The van der Waals surface area contributed by atoms with Gasteiger partial charge in [0.1, 0.15) is 11.6 Å². The van der Waals surface area contributed by atoms with Gasteiger partial charge in [-0.05, 0) is 60.5 Å². The largest absolute Gasteiger partial charge is 0.414 e. The van der Waals surface area contributed by atoms with E-state index in [9.17, 15) is 22.0 Å². The fourth-order valence-corrected chi connectivity index (χ4v) is 2.27. The Hall–Kier alpha value is -2.81. The molecular formula is C19H18F5N3O. The maximum absolute atomic E-state index is 14.0. The quantitative estimate of drug-likeness (QED) is 0.396. The fraction of sp³-hybridized carbons (Fsp3) is 0.263. The van der Waals surface area contributed by atoms with Gasteiger partial charge in [-0.25, -0.2) is 8.78 Å². The molecule has 0 spiro atoms. The average molecular weight is 399 g/mol. The zero-order valence-electron chi connectivity index (χ0n) is 14.9. The normalized spacial score (nSPS) is 13.4. The van der Waals surface area contributed by atoms with Crippen LogP contribution in [-0.2, 0) is 11.3 Å². The molecule has 0 aliphatic heterocycles. The lowest BCUT2D eigenvalue weighted by molar-refractivity contribution is -0.217. The number of alkyl halides is 3. The Morgan fingerprint density at radius 2 is 1.75 bits per heavy atom. The predicted molar refractivity (Wildman–Crippen MR) is 95.8 cm³/mol. The Labute approximate surface area is 158 Å². The Morgan fingerprint density at radius 1 is 1.11 bits per heavy atom. The van der Waals surface area contributed by atoms with E-state index in [0.717, 1.165) is 19.1 Å². The summed E-state index contributed by atoms with van der Waals surface area (Å²) in [5, 5.41) is 7.48. The Morgan fingerprint density at radius 3 is 2.32 bits per heavy atom.